The number of rotatable bonds is 3. The van der Waals surface area contributed by atoms with Gasteiger partial charge in [0.05, 0.1) is 16.9 Å². The van der Waals surface area contributed by atoms with E-state index >= 15 is 0 Å². The van der Waals surface area contributed by atoms with E-state index in [9.17, 15) is 14.9 Å². The Hall–Kier alpha value is -2.68. The first kappa shape index (κ1) is 17.7. The number of nitro groups is 1. The van der Waals surface area contributed by atoms with Gasteiger partial charge in [0, 0.05) is 24.3 Å². The minimum atomic E-state index is -0.469. The zero-order chi connectivity index (χ0) is 19.3. The maximum atomic E-state index is 13.1. The number of anilines is 1. The van der Waals surface area contributed by atoms with Gasteiger partial charge in [0.15, 0.2) is 0 Å². The summed E-state index contributed by atoms with van der Waals surface area (Å²) in [6, 6.07) is 5.94. The van der Waals surface area contributed by atoms with E-state index in [1.54, 1.807) is 16.8 Å². The summed E-state index contributed by atoms with van der Waals surface area (Å²) in [4.78, 5) is 28.3. The van der Waals surface area contributed by atoms with Gasteiger partial charge >= 0.3 is 0 Å². The van der Waals surface area contributed by atoms with Crippen LogP contribution in [0.4, 0.5) is 11.6 Å². The van der Waals surface area contributed by atoms with Crippen LogP contribution >= 0.6 is 11.8 Å². The number of ketones is 1. The monoisotopic (exact) mass is 385 g/mol. The van der Waals surface area contributed by atoms with Gasteiger partial charge in [-0.05, 0) is 17.2 Å². The summed E-state index contributed by atoms with van der Waals surface area (Å²) in [5, 5.41) is 19.6. The van der Waals surface area contributed by atoms with Crippen molar-refractivity contribution >= 4 is 29.2 Å². The average molecular weight is 385 g/mol. The second-order valence-corrected chi connectivity index (χ2v) is 8.27. The van der Waals surface area contributed by atoms with Crippen LogP contribution in [0.3, 0.4) is 0 Å². The van der Waals surface area contributed by atoms with E-state index in [0.717, 1.165) is 5.70 Å². The quantitative estimate of drug-likeness (QED) is 0.490. The molecule has 0 saturated carbocycles. The van der Waals surface area contributed by atoms with E-state index in [1.807, 2.05) is 20.1 Å². The number of aromatic nitrogens is 3. The number of carbonyl (C=O) groups is 1. The Balaban J connectivity index is 1.92. The van der Waals surface area contributed by atoms with E-state index in [-0.39, 0.29) is 16.9 Å². The number of nitro benzene ring substituents is 1. The Morgan fingerprint density at radius 2 is 2.19 bits per heavy atom. The molecule has 2 aliphatic rings. The third-order valence-electron chi connectivity index (χ3n) is 4.91. The van der Waals surface area contributed by atoms with Crippen LogP contribution in [0.2, 0.25) is 0 Å². The molecule has 0 radical (unpaired) electrons. The predicted octanol–water partition coefficient (Wildman–Crippen LogP) is 3.42. The minimum absolute atomic E-state index is 0.00749. The lowest BCUT2D eigenvalue weighted by molar-refractivity contribution is -0.384. The summed E-state index contributed by atoms with van der Waals surface area (Å²) in [5.41, 5.74) is 1.20. The molecule has 1 aromatic carbocycles. The van der Waals surface area contributed by atoms with Gasteiger partial charge in [0.25, 0.3) is 5.69 Å². The van der Waals surface area contributed by atoms with Crippen molar-refractivity contribution in [3.63, 3.8) is 0 Å². The Morgan fingerprint density at radius 1 is 1.41 bits per heavy atom. The van der Waals surface area contributed by atoms with Crippen molar-refractivity contribution < 1.29 is 9.72 Å². The van der Waals surface area contributed by atoms with Crippen molar-refractivity contribution in [2.75, 3.05) is 11.6 Å². The van der Waals surface area contributed by atoms with Crippen LogP contribution in [0.5, 0.6) is 0 Å². The van der Waals surface area contributed by atoms with E-state index in [0.29, 0.717) is 23.1 Å². The molecule has 140 valence electrons. The zero-order valence-electron chi connectivity index (χ0n) is 15.2. The van der Waals surface area contributed by atoms with Crippen LogP contribution < -0.4 is 5.32 Å². The summed E-state index contributed by atoms with van der Waals surface area (Å²) in [6.07, 6.45) is 4.36. The minimum Gasteiger partial charge on any atom is -0.328 e. The van der Waals surface area contributed by atoms with Crippen LogP contribution in [-0.4, -0.2) is 31.7 Å². The summed E-state index contributed by atoms with van der Waals surface area (Å²) < 4.78 is 1.68. The molecule has 0 saturated heterocycles. The Labute approximate surface area is 160 Å². The van der Waals surface area contributed by atoms with Crippen molar-refractivity contribution in [1.29, 1.82) is 0 Å². The number of benzene rings is 1. The second kappa shape index (κ2) is 6.19. The number of thioether (sulfide) groups is 1. The molecular weight excluding hydrogens is 366 g/mol. The highest BCUT2D eigenvalue weighted by Gasteiger charge is 2.45. The third kappa shape index (κ3) is 3.01. The zero-order valence-corrected chi connectivity index (χ0v) is 16.0. The SMILES string of the molecule is CSc1nc2n(n1)[C@H](c1cccc([N+](=O)[O-])c1)[C@H]1C(=O)CC(C)(C)C=C1N2. The lowest BCUT2D eigenvalue weighted by Crippen LogP contribution is -2.42. The number of carbonyl (C=O) groups excluding carboxylic acids is 1. The fraction of sp³-hybridized carbons (Fsp3) is 0.389. The van der Waals surface area contributed by atoms with Gasteiger partial charge in [-0.1, -0.05) is 43.8 Å². The highest BCUT2D eigenvalue weighted by molar-refractivity contribution is 7.98. The van der Waals surface area contributed by atoms with Crippen LogP contribution in [0, 0.1) is 21.4 Å². The maximum Gasteiger partial charge on any atom is 0.269 e. The van der Waals surface area contributed by atoms with Gasteiger partial charge in [-0.3, -0.25) is 14.9 Å². The molecule has 9 heteroatoms. The van der Waals surface area contributed by atoms with E-state index in [2.05, 4.69) is 21.5 Å². The fourth-order valence-corrected chi connectivity index (χ4v) is 4.20. The molecule has 1 aliphatic carbocycles. The largest absolute Gasteiger partial charge is 0.328 e. The van der Waals surface area contributed by atoms with E-state index < -0.39 is 16.9 Å². The molecule has 4 rings (SSSR count). The molecule has 1 N–H and O–H groups in total. The normalized spacial score (nSPS) is 23.1. The number of hydrogen-bond donors (Lipinski definition) is 1. The molecule has 0 amide bonds. The van der Waals surface area contributed by atoms with Gasteiger partial charge in [0.1, 0.15) is 5.78 Å². The topological polar surface area (TPSA) is 103 Å². The molecule has 8 nitrogen and oxygen atoms in total. The highest BCUT2D eigenvalue weighted by Crippen LogP contribution is 2.45. The number of fused-ring (bicyclic) bond motifs is 2. The number of nitrogens with one attached hydrogen (secondary N) is 1. The fourth-order valence-electron chi connectivity index (χ4n) is 3.85. The molecule has 1 aromatic heterocycles. The number of allylic oxidation sites excluding steroid dienone is 2. The van der Waals surface area contributed by atoms with Crippen LogP contribution in [0.1, 0.15) is 31.9 Å². The molecule has 2 atom stereocenters. The third-order valence-corrected chi connectivity index (χ3v) is 5.45. The first-order chi connectivity index (χ1) is 12.8. The molecular formula is C18H19N5O3S. The molecule has 0 bridgehead atoms. The van der Waals surface area contributed by atoms with E-state index in [4.69, 9.17) is 0 Å². The summed E-state index contributed by atoms with van der Waals surface area (Å²) in [5.74, 6) is 0.168. The van der Waals surface area contributed by atoms with Crippen LogP contribution in [-0.2, 0) is 4.79 Å². The Morgan fingerprint density at radius 3 is 2.89 bits per heavy atom. The number of nitrogens with zero attached hydrogens (tertiary/aromatic N) is 4. The van der Waals surface area contributed by atoms with Gasteiger partial charge < -0.3 is 5.32 Å². The highest BCUT2D eigenvalue weighted by atomic mass is 32.2. The van der Waals surface area contributed by atoms with E-state index in [1.165, 1.54) is 23.9 Å². The van der Waals surface area contributed by atoms with Crippen molar-refractivity contribution in [3.8, 4) is 0 Å². The molecule has 0 fully saturated rings. The van der Waals surface area contributed by atoms with Crippen LogP contribution in [0.25, 0.3) is 0 Å². The smallest absolute Gasteiger partial charge is 0.269 e. The second-order valence-electron chi connectivity index (χ2n) is 7.50. The standard InChI is InChI=1S/C18H19N5O3S/c1-18(2)8-12-14(13(24)9-18)15(10-5-4-6-11(7-10)23(25)26)22-16(19-12)20-17(21-22)27-3/h4-8,14-15H,9H2,1-3H3,(H,19,20,21)/t14-,15-/m1/s1. The molecule has 1 aliphatic heterocycles. The maximum absolute atomic E-state index is 13.1. The first-order valence-electron chi connectivity index (χ1n) is 8.56. The summed E-state index contributed by atoms with van der Waals surface area (Å²) in [7, 11) is 0. The van der Waals surface area contributed by atoms with Crippen molar-refractivity contribution in [1.82, 2.24) is 14.8 Å². The number of hydrogen-bond acceptors (Lipinski definition) is 7. The van der Waals surface area contributed by atoms with Gasteiger partial charge in [0.2, 0.25) is 11.1 Å². The molecule has 0 unspecified atom stereocenters. The lowest BCUT2D eigenvalue weighted by Gasteiger charge is -2.40. The number of Topliss-reactive ketones (excluding diaryl/α,β-unsaturated/α-hetero) is 1. The van der Waals surface area contributed by atoms with Gasteiger partial charge in [-0.25, -0.2) is 4.68 Å². The van der Waals surface area contributed by atoms with Crippen molar-refractivity contribution in [3.05, 3.63) is 51.7 Å². The molecule has 2 heterocycles. The average Bonchev–Trinajstić information content (AvgIpc) is 3.01. The Bertz CT molecular complexity index is 981. The predicted molar refractivity (Wildman–Crippen MR) is 102 cm³/mol. The molecule has 27 heavy (non-hydrogen) atoms. The molecule has 0 spiro atoms. The van der Waals surface area contributed by atoms with Crippen molar-refractivity contribution in [2.45, 2.75) is 31.5 Å². The number of non-ortho nitro benzene ring substituents is 1. The Kier molecular flexibility index (Phi) is 4.06. The van der Waals surface area contributed by atoms with Crippen molar-refractivity contribution in [2.24, 2.45) is 11.3 Å². The van der Waals surface area contributed by atoms with Crippen LogP contribution in [0.15, 0.2) is 41.2 Å². The van der Waals surface area contributed by atoms with Gasteiger partial charge in [-0.2, -0.15) is 4.98 Å². The van der Waals surface area contributed by atoms with Gasteiger partial charge in [-0.15, -0.1) is 5.10 Å². The lowest BCUT2D eigenvalue weighted by atomic mass is 9.72. The summed E-state index contributed by atoms with van der Waals surface area (Å²) in [6.45, 7) is 4.04. The summed E-state index contributed by atoms with van der Waals surface area (Å²) >= 11 is 1.41. The molecule has 2 aromatic rings. The first-order valence-corrected chi connectivity index (χ1v) is 9.79.